The van der Waals surface area contributed by atoms with Crippen LogP contribution < -0.4 is 10.6 Å². The van der Waals surface area contributed by atoms with Gasteiger partial charge in [-0.25, -0.2) is 0 Å². The number of carbonyl (C=O) groups excluding carboxylic acids is 1. The molecule has 1 amide bonds. The van der Waals surface area contributed by atoms with Crippen LogP contribution in [0.3, 0.4) is 0 Å². The molecule has 1 unspecified atom stereocenters. The second kappa shape index (κ2) is 7.45. The van der Waals surface area contributed by atoms with E-state index in [4.69, 9.17) is 5.11 Å². The standard InChI is InChI=1S/C9H17F3N2O2/c1-2-7(15)3-4-14-8(16)5-13-6-9(10,11)12/h7,13,15H,2-6H2,1H3,(H,14,16). The normalized spacial score (nSPS) is 13.6. The van der Waals surface area contributed by atoms with Crippen molar-refractivity contribution < 1.29 is 23.1 Å². The summed E-state index contributed by atoms with van der Waals surface area (Å²) in [6.07, 6.45) is -3.80. The number of amides is 1. The lowest BCUT2D eigenvalue weighted by Crippen LogP contribution is -2.39. The number of carbonyl (C=O) groups is 1. The van der Waals surface area contributed by atoms with E-state index < -0.39 is 24.7 Å². The average molecular weight is 242 g/mol. The first-order valence-electron chi connectivity index (χ1n) is 5.07. The maximum absolute atomic E-state index is 11.7. The second-order valence-corrected chi connectivity index (χ2v) is 3.42. The van der Waals surface area contributed by atoms with E-state index in [9.17, 15) is 18.0 Å². The van der Waals surface area contributed by atoms with E-state index >= 15 is 0 Å². The molecule has 3 N–H and O–H groups in total. The van der Waals surface area contributed by atoms with Gasteiger partial charge in [-0.05, 0) is 12.8 Å². The van der Waals surface area contributed by atoms with Gasteiger partial charge in [0.2, 0.25) is 5.91 Å². The van der Waals surface area contributed by atoms with E-state index in [0.29, 0.717) is 12.8 Å². The number of hydrogen-bond donors (Lipinski definition) is 3. The van der Waals surface area contributed by atoms with Crippen LogP contribution in [0.5, 0.6) is 0 Å². The summed E-state index contributed by atoms with van der Waals surface area (Å²) in [4.78, 5) is 11.0. The maximum atomic E-state index is 11.7. The van der Waals surface area contributed by atoms with Gasteiger partial charge in [-0.3, -0.25) is 4.79 Å². The molecule has 7 heteroatoms. The monoisotopic (exact) mass is 242 g/mol. The molecule has 0 aromatic rings. The van der Waals surface area contributed by atoms with Gasteiger partial charge in [-0.1, -0.05) is 6.92 Å². The highest BCUT2D eigenvalue weighted by atomic mass is 19.4. The van der Waals surface area contributed by atoms with E-state index in [1.54, 1.807) is 6.92 Å². The highest BCUT2D eigenvalue weighted by Crippen LogP contribution is 2.11. The Bertz CT molecular complexity index is 209. The summed E-state index contributed by atoms with van der Waals surface area (Å²) in [7, 11) is 0. The Kier molecular flexibility index (Phi) is 7.07. The molecule has 0 aliphatic carbocycles. The quantitative estimate of drug-likeness (QED) is 0.606. The van der Waals surface area contributed by atoms with Gasteiger partial charge in [-0.2, -0.15) is 13.2 Å². The molecule has 0 heterocycles. The molecular formula is C9H17F3N2O2. The molecule has 0 aliphatic heterocycles. The summed E-state index contributed by atoms with van der Waals surface area (Å²) >= 11 is 0. The molecule has 4 nitrogen and oxygen atoms in total. The Labute approximate surface area is 92.2 Å². The van der Waals surface area contributed by atoms with Crippen molar-refractivity contribution in [2.24, 2.45) is 0 Å². The lowest BCUT2D eigenvalue weighted by Gasteiger charge is -2.10. The zero-order valence-electron chi connectivity index (χ0n) is 9.10. The zero-order valence-corrected chi connectivity index (χ0v) is 9.10. The molecule has 0 rings (SSSR count). The minimum Gasteiger partial charge on any atom is -0.393 e. The molecule has 0 radical (unpaired) electrons. The predicted octanol–water partition coefficient (Wildman–Crippen LogP) is 0.415. The Morgan fingerprint density at radius 2 is 2.06 bits per heavy atom. The number of alkyl halides is 3. The lowest BCUT2D eigenvalue weighted by atomic mass is 10.2. The van der Waals surface area contributed by atoms with Crippen LogP contribution in [0.25, 0.3) is 0 Å². The third-order valence-corrected chi connectivity index (χ3v) is 1.88. The molecule has 0 spiro atoms. The van der Waals surface area contributed by atoms with E-state index in [1.807, 2.05) is 5.32 Å². The van der Waals surface area contributed by atoms with Gasteiger partial charge in [-0.15, -0.1) is 0 Å². The molecule has 1 atom stereocenters. The number of halogens is 3. The molecular weight excluding hydrogens is 225 g/mol. The lowest BCUT2D eigenvalue weighted by molar-refractivity contribution is -0.128. The Morgan fingerprint density at radius 3 is 2.56 bits per heavy atom. The maximum Gasteiger partial charge on any atom is 0.401 e. The summed E-state index contributed by atoms with van der Waals surface area (Å²) in [5.74, 6) is -0.507. The number of rotatable bonds is 7. The SMILES string of the molecule is CCC(O)CCNC(=O)CNCC(F)(F)F. The van der Waals surface area contributed by atoms with Gasteiger partial charge < -0.3 is 15.7 Å². The van der Waals surface area contributed by atoms with Crippen LogP contribution in [0, 0.1) is 0 Å². The first-order valence-corrected chi connectivity index (χ1v) is 5.07. The van der Waals surface area contributed by atoms with Crippen LogP contribution in [0.2, 0.25) is 0 Å². The highest BCUT2D eigenvalue weighted by molar-refractivity contribution is 5.77. The molecule has 0 fully saturated rings. The third kappa shape index (κ3) is 9.72. The highest BCUT2D eigenvalue weighted by Gasteiger charge is 2.26. The smallest absolute Gasteiger partial charge is 0.393 e. The molecule has 16 heavy (non-hydrogen) atoms. The van der Waals surface area contributed by atoms with Crippen LogP contribution in [0.4, 0.5) is 13.2 Å². The summed E-state index contributed by atoms with van der Waals surface area (Å²) in [5, 5.41) is 13.5. The van der Waals surface area contributed by atoms with Gasteiger partial charge >= 0.3 is 6.18 Å². The number of aliphatic hydroxyl groups excluding tert-OH is 1. The zero-order chi connectivity index (χ0) is 12.6. The molecule has 0 saturated heterocycles. The molecule has 0 aromatic heterocycles. The van der Waals surface area contributed by atoms with E-state index in [2.05, 4.69) is 5.32 Å². The minimum absolute atomic E-state index is 0.265. The van der Waals surface area contributed by atoms with Crippen molar-refractivity contribution in [2.75, 3.05) is 19.6 Å². The topological polar surface area (TPSA) is 61.4 Å². The summed E-state index contributed by atoms with van der Waals surface area (Å²) in [5.41, 5.74) is 0. The van der Waals surface area contributed by atoms with E-state index in [1.165, 1.54) is 0 Å². The molecule has 0 aromatic carbocycles. The van der Waals surface area contributed by atoms with Gasteiger partial charge in [0, 0.05) is 6.54 Å². The molecule has 0 aliphatic rings. The summed E-state index contributed by atoms with van der Waals surface area (Å²) in [6, 6.07) is 0. The molecule has 96 valence electrons. The fourth-order valence-corrected chi connectivity index (χ4v) is 0.963. The van der Waals surface area contributed by atoms with Gasteiger partial charge in [0.1, 0.15) is 0 Å². The fraction of sp³-hybridized carbons (Fsp3) is 0.889. The predicted molar refractivity (Wildman–Crippen MR) is 52.8 cm³/mol. The number of aliphatic hydroxyl groups is 1. The van der Waals surface area contributed by atoms with Crippen LogP contribution >= 0.6 is 0 Å². The van der Waals surface area contributed by atoms with Crippen molar-refractivity contribution in [3.8, 4) is 0 Å². The first kappa shape index (κ1) is 15.2. The van der Waals surface area contributed by atoms with Crippen LogP contribution in [0.15, 0.2) is 0 Å². The Morgan fingerprint density at radius 1 is 1.44 bits per heavy atom. The number of hydrogen-bond acceptors (Lipinski definition) is 3. The minimum atomic E-state index is -4.31. The molecule has 0 saturated carbocycles. The van der Waals surface area contributed by atoms with Crippen LogP contribution in [-0.4, -0.2) is 42.9 Å². The van der Waals surface area contributed by atoms with Gasteiger partial charge in [0.25, 0.3) is 0 Å². The van der Waals surface area contributed by atoms with E-state index in [0.717, 1.165) is 0 Å². The van der Waals surface area contributed by atoms with Crippen molar-refractivity contribution in [3.63, 3.8) is 0 Å². The van der Waals surface area contributed by atoms with Crippen LogP contribution in [0.1, 0.15) is 19.8 Å². The first-order chi connectivity index (χ1) is 7.35. The van der Waals surface area contributed by atoms with Crippen molar-refractivity contribution in [3.05, 3.63) is 0 Å². The largest absolute Gasteiger partial charge is 0.401 e. The van der Waals surface area contributed by atoms with Crippen LogP contribution in [-0.2, 0) is 4.79 Å². The summed E-state index contributed by atoms with van der Waals surface area (Å²) in [6.45, 7) is 0.513. The second-order valence-electron chi connectivity index (χ2n) is 3.42. The number of nitrogens with one attached hydrogen (secondary N) is 2. The van der Waals surface area contributed by atoms with Crippen molar-refractivity contribution in [1.29, 1.82) is 0 Å². The average Bonchev–Trinajstić information content (AvgIpc) is 2.15. The Hall–Kier alpha value is -0.820. The van der Waals surface area contributed by atoms with Crippen molar-refractivity contribution in [2.45, 2.75) is 32.0 Å². The van der Waals surface area contributed by atoms with Crippen molar-refractivity contribution >= 4 is 5.91 Å². The van der Waals surface area contributed by atoms with E-state index in [-0.39, 0.29) is 13.1 Å². The van der Waals surface area contributed by atoms with Crippen molar-refractivity contribution in [1.82, 2.24) is 10.6 Å². The Balaban J connectivity index is 3.46. The third-order valence-electron chi connectivity index (χ3n) is 1.88. The fourth-order valence-electron chi connectivity index (χ4n) is 0.963. The molecule has 0 bridgehead atoms. The summed E-state index contributed by atoms with van der Waals surface area (Å²) < 4.78 is 35.0. The van der Waals surface area contributed by atoms with Gasteiger partial charge in [0.05, 0.1) is 19.2 Å². The van der Waals surface area contributed by atoms with Gasteiger partial charge in [0.15, 0.2) is 0 Å².